The maximum Gasteiger partial charge on any atom is 0.410 e. The highest BCUT2D eigenvalue weighted by Gasteiger charge is 2.53. The molecule has 3 atom stereocenters. The number of hydrogen-bond acceptors (Lipinski definition) is 7. The highest BCUT2D eigenvalue weighted by molar-refractivity contribution is 6.21. The Balaban J connectivity index is 1.10. The second kappa shape index (κ2) is 9.06. The van der Waals surface area contributed by atoms with Gasteiger partial charge in [0, 0.05) is 18.9 Å². The Labute approximate surface area is 223 Å². The summed E-state index contributed by atoms with van der Waals surface area (Å²) in [6.45, 7) is 0.560. The average Bonchev–Trinajstić information content (AvgIpc) is 3.70. The van der Waals surface area contributed by atoms with Crippen LogP contribution in [0.2, 0.25) is 0 Å². The van der Waals surface area contributed by atoms with E-state index in [-0.39, 0.29) is 42.2 Å². The number of carbonyl (C=O) groups excluding carboxylic acids is 4. The molecule has 3 aromatic rings. The first kappa shape index (κ1) is 23.6. The summed E-state index contributed by atoms with van der Waals surface area (Å²) in [7, 11) is 0. The molecule has 2 saturated heterocycles. The Morgan fingerprint density at radius 2 is 1.38 bits per heavy atom. The van der Waals surface area contributed by atoms with Gasteiger partial charge in [0.2, 0.25) is 0 Å². The Morgan fingerprint density at radius 3 is 2.00 bits per heavy atom. The molecule has 9 heteroatoms. The summed E-state index contributed by atoms with van der Waals surface area (Å²) in [5, 5.41) is 0.470. The minimum Gasteiger partial charge on any atom is -0.448 e. The first-order valence-corrected chi connectivity index (χ1v) is 13.0. The van der Waals surface area contributed by atoms with E-state index in [1.54, 1.807) is 12.1 Å². The van der Waals surface area contributed by atoms with E-state index in [1.807, 2.05) is 36.4 Å². The summed E-state index contributed by atoms with van der Waals surface area (Å²) in [6.07, 6.45) is -0.271. The van der Waals surface area contributed by atoms with Gasteiger partial charge in [-0.1, -0.05) is 65.7 Å². The van der Waals surface area contributed by atoms with Crippen LogP contribution in [-0.2, 0) is 19.1 Å². The van der Waals surface area contributed by atoms with Crippen molar-refractivity contribution in [2.45, 2.75) is 36.9 Å². The minimum absolute atomic E-state index is 0.0990. The van der Waals surface area contributed by atoms with Crippen molar-refractivity contribution in [3.63, 3.8) is 0 Å². The number of carbonyl (C=O) groups is 4. The largest absolute Gasteiger partial charge is 0.448 e. The quantitative estimate of drug-likeness (QED) is 0.477. The lowest BCUT2D eigenvalue weighted by Crippen LogP contribution is -2.48. The van der Waals surface area contributed by atoms with Crippen LogP contribution < -0.4 is 0 Å². The van der Waals surface area contributed by atoms with Crippen LogP contribution in [0.4, 0.5) is 4.79 Å². The minimum atomic E-state index is -1.06. The molecule has 4 aliphatic rings. The fourth-order valence-corrected chi connectivity index (χ4v) is 6.29. The molecule has 9 nitrogen and oxygen atoms in total. The van der Waals surface area contributed by atoms with E-state index in [2.05, 4.69) is 12.1 Å². The number of nitrogens with zero attached hydrogens (tertiary/aromatic N) is 2. The van der Waals surface area contributed by atoms with E-state index < -0.39 is 29.9 Å². The highest BCUT2D eigenvalue weighted by atomic mass is 16.7. The average molecular weight is 525 g/mol. The van der Waals surface area contributed by atoms with Gasteiger partial charge in [-0.15, -0.1) is 0 Å². The van der Waals surface area contributed by atoms with Crippen LogP contribution in [0.1, 0.15) is 50.6 Å². The van der Waals surface area contributed by atoms with E-state index in [0.29, 0.717) is 18.1 Å². The molecule has 7 rings (SSSR count). The summed E-state index contributed by atoms with van der Waals surface area (Å²) >= 11 is 0. The molecular formula is C30H24N2O7. The smallest absolute Gasteiger partial charge is 0.410 e. The zero-order valence-corrected chi connectivity index (χ0v) is 20.8. The van der Waals surface area contributed by atoms with Crippen molar-refractivity contribution in [2.75, 3.05) is 13.2 Å². The van der Waals surface area contributed by atoms with E-state index >= 15 is 0 Å². The van der Waals surface area contributed by atoms with Crippen LogP contribution in [0.25, 0.3) is 11.1 Å². The number of benzene rings is 3. The normalized spacial score (nSPS) is 22.9. The summed E-state index contributed by atoms with van der Waals surface area (Å²) in [5.74, 6) is -2.45. The van der Waals surface area contributed by atoms with Gasteiger partial charge in [-0.25, -0.2) is 9.59 Å². The number of fused-ring (bicyclic) bond motifs is 5. The fourth-order valence-electron chi connectivity index (χ4n) is 6.29. The lowest BCUT2D eigenvalue weighted by molar-refractivity contribution is -0.174. The van der Waals surface area contributed by atoms with Crippen molar-refractivity contribution < 1.29 is 33.5 Å². The lowest BCUT2D eigenvalue weighted by Gasteiger charge is -2.28. The van der Waals surface area contributed by atoms with Crippen LogP contribution in [0.3, 0.4) is 0 Å². The fraction of sp³-hybridized carbons (Fsp3) is 0.267. The molecule has 3 aliphatic heterocycles. The molecule has 2 fully saturated rings. The Bertz CT molecular complexity index is 1450. The third-order valence-corrected chi connectivity index (χ3v) is 8.08. The molecule has 0 N–H and O–H groups in total. The van der Waals surface area contributed by atoms with Gasteiger partial charge in [-0.3, -0.25) is 14.5 Å². The molecule has 1 aliphatic carbocycles. The van der Waals surface area contributed by atoms with Gasteiger partial charge in [0.25, 0.3) is 11.8 Å². The van der Waals surface area contributed by atoms with Crippen molar-refractivity contribution in [3.05, 3.63) is 95.1 Å². The SMILES string of the molecule is O=C(ON1C(=O)c2ccccc2C1=O)[C@@H]1C[C@@H]2OCC[C@@H]2N1C(=O)OCC1c2ccccc2-c2ccccc21. The van der Waals surface area contributed by atoms with Crippen molar-refractivity contribution in [3.8, 4) is 11.1 Å². The summed E-state index contributed by atoms with van der Waals surface area (Å²) in [4.78, 5) is 58.9. The van der Waals surface area contributed by atoms with Gasteiger partial charge in [0.05, 0.1) is 23.3 Å². The molecule has 0 spiro atoms. The van der Waals surface area contributed by atoms with Gasteiger partial charge in [0.15, 0.2) is 0 Å². The maximum atomic E-state index is 13.5. The number of rotatable bonds is 4. The summed E-state index contributed by atoms with van der Waals surface area (Å²) in [5.41, 5.74) is 4.71. The van der Waals surface area contributed by atoms with E-state index in [9.17, 15) is 19.2 Å². The molecule has 0 bridgehead atoms. The Kier molecular flexibility index (Phi) is 5.48. The van der Waals surface area contributed by atoms with Crippen LogP contribution in [0, 0.1) is 0 Å². The van der Waals surface area contributed by atoms with Crippen molar-refractivity contribution in [1.82, 2.24) is 9.96 Å². The first-order chi connectivity index (χ1) is 19.0. The number of amides is 3. The molecular weight excluding hydrogens is 500 g/mol. The Morgan fingerprint density at radius 1 is 0.821 bits per heavy atom. The predicted molar refractivity (Wildman–Crippen MR) is 136 cm³/mol. The molecule has 3 amide bonds. The molecule has 0 saturated carbocycles. The number of ether oxygens (including phenoxy) is 2. The second-order valence-electron chi connectivity index (χ2n) is 10.1. The highest BCUT2D eigenvalue weighted by Crippen LogP contribution is 2.45. The predicted octanol–water partition coefficient (Wildman–Crippen LogP) is 3.92. The Hall–Kier alpha value is -4.50. The molecule has 0 radical (unpaired) electrons. The number of imide groups is 1. The van der Waals surface area contributed by atoms with Crippen LogP contribution in [0.5, 0.6) is 0 Å². The van der Waals surface area contributed by atoms with E-state index in [4.69, 9.17) is 14.3 Å². The zero-order valence-electron chi connectivity index (χ0n) is 20.8. The molecule has 39 heavy (non-hydrogen) atoms. The maximum absolute atomic E-state index is 13.5. The number of likely N-dealkylation sites (tertiary alicyclic amines) is 1. The molecule has 3 heterocycles. The molecule has 3 aromatic carbocycles. The van der Waals surface area contributed by atoms with Crippen LogP contribution in [0.15, 0.2) is 72.8 Å². The standard InChI is InChI=1S/C30H24N2O7/c33-27-21-11-5-6-12-22(21)28(34)32(27)39-29(35)25-15-26-24(13-14-37-26)31(25)30(36)38-16-23-19-9-3-1-7-17(19)18-8-2-4-10-20(18)23/h1-12,23-26H,13-16H2/t24-,25-,26-/m0/s1. The number of hydrogen-bond donors (Lipinski definition) is 0. The van der Waals surface area contributed by atoms with Crippen LogP contribution >= 0.6 is 0 Å². The molecule has 0 unspecified atom stereocenters. The monoisotopic (exact) mass is 524 g/mol. The van der Waals surface area contributed by atoms with Crippen molar-refractivity contribution in [1.29, 1.82) is 0 Å². The third-order valence-electron chi connectivity index (χ3n) is 8.08. The van der Waals surface area contributed by atoms with E-state index in [1.165, 1.54) is 17.0 Å². The van der Waals surface area contributed by atoms with Gasteiger partial charge in [0.1, 0.15) is 12.6 Å². The molecule has 196 valence electrons. The van der Waals surface area contributed by atoms with Gasteiger partial charge >= 0.3 is 12.1 Å². The second-order valence-corrected chi connectivity index (χ2v) is 10.1. The number of hydroxylamine groups is 2. The molecule has 0 aromatic heterocycles. The topological polar surface area (TPSA) is 102 Å². The van der Waals surface area contributed by atoms with Gasteiger partial charge < -0.3 is 14.3 Å². The van der Waals surface area contributed by atoms with Gasteiger partial charge in [-0.2, -0.15) is 0 Å². The summed E-state index contributed by atoms with van der Waals surface area (Å²) < 4.78 is 11.6. The van der Waals surface area contributed by atoms with Crippen molar-refractivity contribution >= 4 is 23.9 Å². The van der Waals surface area contributed by atoms with Crippen molar-refractivity contribution in [2.24, 2.45) is 0 Å². The third kappa shape index (κ3) is 3.64. The van der Waals surface area contributed by atoms with E-state index in [0.717, 1.165) is 22.3 Å². The van der Waals surface area contributed by atoms with Crippen LogP contribution in [-0.4, -0.2) is 65.2 Å². The lowest BCUT2D eigenvalue weighted by atomic mass is 9.98. The summed E-state index contributed by atoms with van der Waals surface area (Å²) in [6, 6.07) is 20.9. The first-order valence-electron chi connectivity index (χ1n) is 13.0. The van der Waals surface area contributed by atoms with Gasteiger partial charge in [-0.05, 0) is 40.8 Å². The zero-order chi connectivity index (χ0) is 26.7.